The van der Waals surface area contributed by atoms with E-state index in [4.69, 9.17) is 0 Å². The fraction of sp³-hybridized carbons (Fsp3) is 0.455. The van der Waals surface area contributed by atoms with Crippen LogP contribution in [0.2, 0.25) is 0 Å². The van der Waals surface area contributed by atoms with E-state index >= 15 is 0 Å². The number of nitrogens with one attached hydrogen (secondary N) is 1. The van der Waals surface area contributed by atoms with E-state index in [9.17, 15) is 4.79 Å². The molecule has 1 N–H and O–H groups in total. The van der Waals surface area contributed by atoms with Gasteiger partial charge < -0.3 is 5.32 Å². The van der Waals surface area contributed by atoms with E-state index in [0.29, 0.717) is 13.0 Å². The van der Waals surface area contributed by atoms with Crippen LogP contribution in [0.4, 0.5) is 0 Å². The lowest BCUT2D eigenvalue weighted by Gasteiger charge is -2.03. The van der Waals surface area contributed by atoms with Gasteiger partial charge in [-0.25, -0.2) is 0 Å². The standard InChI is InChI=1S/C11H16N2O/c1-2-3-4-11(14)13-9-10-5-7-12-8-6-10/h5-8H,2-4,9H2,1H3,(H,13,14). The molecule has 14 heavy (non-hydrogen) atoms. The maximum atomic E-state index is 11.2. The molecule has 3 heteroatoms. The number of hydrogen-bond donors (Lipinski definition) is 1. The molecule has 0 saturated carbocycles. The van der Waals surface area contributed by atoms with Crippen LogP contribution in [0.25, 0.3) is 0 Å². The van der Waals surface area contributed by atoms with Crippen LogP contribution in [-0.2, 0) is 11.3 Å². The fourth-order valence-electron chi connectivity index (χ4n) is 1.13. The highest BCUT2D eigenvalue weighted by atomic mass is 16.1. The highest BCUT2D eigenvalue weighted by molar-refractivity contribution is 5.75. The number of unbranched alkanes of at least 4 members (excludes halogenated alkanes) is 1. The van der Waals surface area contributed by atoms with Gasteiger partial charge >= 0.3 is 0 Å². The summed E-state index contributed by atoms with van der Waals surface area (Å²) >= 11 is 0. The van der Waals surface area contributed by atoms with Crippen molar-refractivity contribution in [3.63, 3.8) is 0 Å². The first-order valence-electron chi connectivity index (χ1n) is 4.98. The van der Waals surface area contributed by atoms with Gasteiger partial charge in [0.25, 0.3) is 0 Å². The minimum atomic E-state index is 0.128. The first kappa shape index (κ1) is 10.7. The molecule has 1 amide bonds. The van der Waals surface area contributed by atoms with E-state index in [0.717, 1.165) is 18.4 Å². The number of nitrogens with zero attached hydrogens (tertiary/aromatic N) is 1. The third-order valence-corrected chi connectivity index (χ3v) is 2.00. The van der Waals surface area contributed by atoms with Crippen LogP contribution in [0.1, 0.15) is 31.7 Å². The lowest BCUT2D eigenvalue weighted by molar-refractivity contribution is -0.121. The van der Waals surface area contributed by atoms with Crippen LogP contribution >= 0.6 is 0 Å². The predicted molar refractivity (Wildman–Crippen MR) is 55.6 cm³/mol. The van der Waals surface area contributed by atoms with Crippen molar-refractivity contribution in [1.82, 2.24) is 10.3 Å². The van der Waals surface area contributed by atoms with Gasteiger partial charge in [0.15, 0.2) is 0 Å². The molecule has 0 aromatic carbocycles. The van der Waals surface area contributed by atoms with Crippen LogP contribution in [0.5, 0.6) is 0 Å². The largest absolute Gasteiger partial charge is 0.352 e. The normalized spacial score (nSPS) is 9.79. The molecule has 0 aliphatic heterocycles. The lowest BCUT2D eigenvalue weighted by Crippen LogP contribution is -2.22. The number of hydrogen-bond acceptors (Lipinski definition) is 2. The summed E-state index contributed by atoms with van der Waals surface area (Å²) < 4.78 is 0. The minimum Gasteiger partial charge on any atom is -0.352 e. The Bertz CT molecular complexity index is 272. The van der Waals surface area contributed by atoms with E-state index in [1.54, 1.807) is 12.4 Å². The average Bonchev–Trinajstić information content (AvgIpc) is 2.25. The second-order valence-corrected chi connectivity index (χ2v) is 3.24. The molecule has 3 nitrogen and oxygen atoms in total. The van der Waals surface area contributed by atoms with Crippen molar-refractivity contribution in [3.8, 4) is 0 Å². The van der Waals surface area contributed by atoms with E-state index < -0.39 is 0 Å². The Labute approximate surface area is 84.6 Å². The number of carbonyl (C=O) groups excluding carboxylic acids is 1. The Morgan fingerprint density at radius 3 is 2.79 bits per heavy atom. The van der Waals surface area contributed by atoms with Crippen LogP contribution in [0, 0.1) is 0 Å². The molecule has 0 atom stereocenters. The van der Waals surface area contributed by atoms with Crippen LogP contribution in [0.15, 0.2) is 24.5 Å². The van der Waals surface area contributed by atoms with Gasteiger partial charge in [0.05, 0.1) is 0 Å². The molecule has 0 saturated heterocycles. The van der Waals surface area contributed by atoms with Crippen molar-refractivity contribution in [1.29, 1.82) is 0 Å². The summed E-state index contributed by atoms with van der Waals surface area (Å²) in [6, 6.07) is 3.81. The number of carbonyl (C=O) groups is 1. The Morgan fingerprint density at radius 2 is 2.14 bits per heavy atom. The Kier molecular flexibility index (Phi) is 4.69. The topological polar surface area (TPSA) is 42.0 Å². The molecular weight excluding hydrogens is 176 g/mol. The molecular formula is C11H16N2O. The monoisotopic (exact) mass is 192 g/mol. The van der Waals surface area contributed by atoms with Crippen molar-refractivity contribution >= 4 is 5.91 Å². The molecule has 0 spiro atoms. The summed E-state index contributed by atoms with van der Waals surface area (Å²) in [7, 11) is 0. The van der Waals surface area contributed by atoms with Gasteiger partial charge in [-0.1, -0.05) is 13.3 Å². The molecule has 1 aromatic heterocycles. The minimum absolute atomic E-state index is 0.128. The van der Waals surface area contributed by atoms with E-state index in [-0.39, 0.29) is 5.91 Å². The molecule has 1 aromatic rings. The Morgan fingerprint density at radius 1 is 1.43 bits per heavy atom. The van der Waals surface area contributed by atoms with Crippen molar-refractivity contribution in [2.75, 3.05) is 0 Å². The summed E-state index contributed by atoms with van der Waals surface area (Å²) in [6.45, 7) is 2.68. The molecule has 0 radical (unpaired) electrons. The highest BCUT2D eigenvalue weighted by Gasteiger charge is 1.99. The Hall–Kier alpha value is -1.38. The molecule has 0 fully saturated rings. The number of aromatic nitrogens is 1. The van der Waals surface area contributed by atoms with Crippen LogP contribution in [-0.4, -0.2) is 10.9 Å². The average molecular weight is 192 g/mol. The molecule has 0 aliphatic carbocycles. The molecule has 1 rings (SSSR count). The zero-order valence-electron chi connectivity index (χ0n) is 8.49. The van der Waals surface area contributed by atoms with Gasteiger partial charge in [-0.05, 0) is 24.1 Å². The van der Waals surface area contributed by atoms with E-state index in [1.165, 1.54) is 0 Å². The molecule has 0 aliphatic rings. The summed E-state index contributed by atoms with van der Waals surface area (Å²) in [5, 5.41) is 2.87. The van der Waals surface area contributed by atoms with Crippen molar-refractivity contribution in [2.24, 2.45) is 0 Å². The maximum absolute atomic E-state index is 11.2. The second kappa shape index (κ2) is 6.13. The summed E-state index contributed by atoms with van der Waals surface area (Å²) in [4.78, 5) is 15.2. The summed E-state index contributed by atoms with van der Waals surface area (Å²) in [6.07, 6.45) is 6.10. The number of amides is 1. The first-order valence-corrected chi connectivity index (χ1v) is 4.98. The SMILES string of the molecule is CCCCC(=O)NCc1ccncc1. The zero-order chi connectivity index (χ0) is 10.2. The summed E-state index contributed by atoms with van der Waals surface area (Å²) in [5.41, 5.74) is 1.09. The Balaban J connectivity index is 2.24. The quantitative estimate of drug-likeness (QED) is 0.774. The number of rotatable bonds is 5. The first-order chi connectivity index (χ1) is 6.83. The van der Waals surface area contributed by atoms with Gasteiger partial charge in [-0.15, -0.1) is 0 Å². The third kappa shape index (κ3) is 4.03. The van der Waals surface area contributed by atoms with Gasteiger partial charge in [0.2, 0.25) is 5.91 Å². The van der Waals surface area contributed by atoms with Gasteiger partial charge in [-0.3, -0.25) is 9.78 Å². The van der Waals surface area contributed by atoms with Crippen molar-refractivity contribution < 1.29 is 4.79 Å². The second-order valence-electron chi connectivity index (χ2n) is 3.24. The van der Waals surface area contributed by atoms with Gasteiger partial charge in [0, 0.05) is 25.4 Å². The van der Waals surface area contributed by atoms with Crippen LogP contribution < -0.4 is 5.32 Å². The fourth-order valence-corrected chi connectivity index (χ4v) is 1.13. The maximum Gasteiger partial charge on any atom is 0.220 e. The highest BCUT2D eigenvalue weighted by Crippen LogP contribution is 1.97. The smallest absolute Gasteiger partial charge is 0.220 e. The third-order valence-electron chi connectivity index (χ3n) is 2.00. The summed E-state index contributed by atoms with van der Waals surface area (Å²) in [5.74, 6) is 0.128. The van der Waals surface area contributed by atoms with E-state index in [2.05, 4.69) is 17.2 Å². The van der Waals surface area contributed by atoms with Gasteiger partial charge in [-0.2, -0.15) is 0 Å². The van der Waals surface area contributed by atoms with E-state index in [1.807, 2.05) is 12.1 Å². The lowest BCUT2D eigenvalue weighted by atomic mass is 10.2. The van der Waals surface area contributed by atoms with Crippen molar-refractivity contribution in [2.45, 2.75) is 32.7 Å². The van der Waals surface area contributed by atoms with Crippen molar-refractivity contribution in [3.05, 3.63) is 30.1 Å². The molecule has 0 bridgehead atoms. The molecule has 1 heterocycles. The molecule has 0 unspecified atom stereocenters. The number of pyridine rings is 1. The zero-order valence-corrected chi connectivity index (χ0v) is 8.49. The molecule has 76 valence electrons. The van der Waals surface area contributed by atoms with Crippen LogP contribution in [0.3, 0.4) is 0 Å². The predicted octanol–water partition coefficient (Wildman–Crippen LogP) is 1.89. The van der Waals surface area contributed by atoms with Gasteiger partial charge in [0.1, 0.15) is 0 Å².